The molecule has 2 N–H and O–H groups in total. The molecule has 0 amide bonds. The molecule has 1 fully saturated rings. The van der Waals surface area contributed by atoms with Gasteiger partial charge < -0.3 is 10.6 Å². The predicted molar refractivity (Wildman–Crippen MR) is 86.0 cm³/mol. The van der Waals surface area contributed by atoms with Crippen LogP contribution < -0.4 is 10.6 Å². The van der Waals surface area contributed by atoms with Crippen LogP contribution in [0.5, 0.6) is 0 Å². The highest BCUT2D eigenvalue weighted by molar-refractivity contribution is 7.90. The van der Waals surface area contributed by atoms with Gasteiger partial charge in [-0.25, -0.2) is 8.42 Å². The zero-order valence-electron chi connectivity index (χ0n) is 13.1. The first-order valence-corrected chi connectivity index (χ1v) is 9.43. The average molecular weight is 310 g/mol. The Bertz CT molecular complexity index is 558. The number of rotatable bonds is 6. The van der Waals surface area contributed by atoms with Crippen molar-refractivity contribution in [2.75, 3.05) is 25.9 Å². The van der Waals surface area contributed by atoms with Crippen molar-refractivity contribution >= 4 is 9.84 Å². The minimum absolute atomic E-state index is 0.340. The van der Waals surface area contributed by atoms with E-state index in [2.05, 4.69) is 24.5 Å². The van der Waals surface area contributed by atoms with E-state index in [4.69, 9.17) is 0 Å². The lowest BCUT2D eigenvalue weighted by Crippen LogP contribution is -2.40. The van der Waals surface area contributed by atoms with Crippen LogP contribution in [0.25, 0.3) is 0 Å². The molecule has 0 aliphatic carbocycles. The molecule has 1 aliphatic heterocycles. The highest BCUT2D eigenvalue weighted by Gasteiger charge is 2.36. The number of benzene rings is 1. The van der Waals surface area contributed by atoms with E-state index in [1.807, 2.05) is 12.1 Å². The minimum Gasteiger partial charge on any atom is -0.316 e. The summed E-state index contributed by atoms with van der Waals surface area (Å²) in [6, 6.07) is 7.14. The van der Waals surface area contributed by atoms with Crippen molar-refractivity contribution in [2.45, 2.75) is 31.7 Å². The van der Waals surface area contributed by atoms with Crippen molar-refractivity contribution in [3.05, 3.63) is 29.8 Å². The second-order valence-corrected chi connectivity index (χ2v) is 8.48. The Labute approximate surface area is 128 Å². The van der Waals surface area contributed by atoms with E-state index >= 15 is 0 Å². The van der Waals surface area contributed by atoms with Gasteiger partial charge >= 0.3 is 0 Å². The van der Waals surface area contributed by atoms with Gasteiger partial charge in [-0.1, -0.05) is 26.0 Å². The van der Waals surface area contributed by atoms with Crippen LogP contribution >= 0.6 is 0 Å². The Morgan fingerprint density at radius 2 is 1.95 bits per heavy atom. The predicted octanol–water partition coefficient (Wildman–Crippen LogP) is 1.82. The molecule has 1 aromatic rings. The maximum Gasteiger partial charge on any atom is 0.175 e. The molecule has 4 nitrogen and oxygen atoms in total. The van der Waals surface area contributed by atoms with Crippen LogP contribution in [0.1, 0.15) is 25.8 Å². The Kier molecular flexibility index (Phi) is 5.07. The zero-order chi connectivity index (χ0) is 15.5. The van der Waals surface area contributed by atoms with Crippen LogP contribution in [0.15, 0.2) is 29.2 Å². The monoisotopic (exact) mass is 310 g/mol. The summed E-state index contributed by atoms with van der Waals surface area (Å²) in [6.07, 6.45) is 2.45. The number of hydrogen-bond acceptors (Lipinski definition) is 4. The molecule has 21 heavy (non-hydrogen) atoms. The summed E-state index contributed by atoms with van der Waals surface area (Å²) in [5.74, 6) is 0.646. The zero-order valence-corrected chi connectivity index (χ0v) is 14.0. The van der Waals surface area contributed by atoms with Gasteiger partial charge in [-0.3, -0.25) is 0 Å². The van der Waals surface area contributed by atoms with Crippen LogP contribution in [-0.4, -0.2) is 34.3 Å². The molecule has 1 aliphatic rings. The molecule has 0 aromatic heterocycles. The van der Waals surface area contributed by atoms with Crippen molar-refractivity contribution in [1.29, 1.82) is 0 Å². The molecule has 0 radical (unpaired) electrons. The van der Waals surface area contributed by atoms with E-state index < -0.39 is 9.84 Å². The summed E-state index contributed by atoms with van der Waals surface area (Å²) < 4.78 is 22.9. The number of sulfone groups is 1. The highest BCUT2D eigenvalue weighted by atomic mass is 32.2. The molecule has 1 aromatic carbocycles. The fourth-order valence-electron chi connectivity index (χ4n) is 2.92. The lowest BCUT2D eigenvalue weighted by molar-refractivity contribution is 0.208. The van der Waals surface area contributed by atoms with E-state index in [0.29, 0.717) is 16.2 Å². The van der Waals surface area contributed by atoms with E-state index in [-0.39, 0.29) is 0 Å². The molecule has 1 unspecified atom stereocenters. The Morgan fingerprint density at radius 1 is 1.29 bits per heavy atom. The molecular weight excluding hydrogens is 284 g/mol. The van der Waals surface area contributed by atoms with E-state index in [1.54, 1.807) is 12.1 Å². The molecular formula is C16H26N2O2S. The first-order valence-electron chi connectivity index (χ1n) is 7.54. The fourth-order valence-corrected chi connectivity index (χ4v) is 3.55. The Morgan fingerprint density at radius 3 is 2.43 bits per heavy atom. The molecule has 0 bridgehead atoms. The lowest BCUT2D eigenvalue weighted by atomic mass is 9.76. The van der Waals surface area contributed by atoms with Gasteiger partial charge in [-0.15, -0.1) is 0 Å². The van der Waals surface area contributed by atoms with Gasteiger partial charge in [0.05, 0.1) is 4.90 Å². The Hall–Kier alpha value is -0.910. The summed E-state index contributed by atoms with van der Waals surface area (Å²) in [5.41, 5.74) is 1.46. The van der Waals surface area contributed by atoms with Crippen molar-refractivity contribution in [2.24, 2.45) is 11.3 Å². The van der Waals surface area contributed by atoms with Gasteiger partial charge in [0.15, 0.2) is 9.84 Å². The fraction of sp³-hybridized carbons (Fsp3) is 0.625. The van der Waals surface area contributed by atoms with Crippen molar-refractivity contribution < 1.29 is 8.42 Å². The first kappa shape index (κ1) is 16.5. The standard InChI is InChI=1S/C16H26N2O2S/c1-13(2)16(8-9-17-11-16)12-18-10-14-4-6-15(7-5-14)21(3,19)20/h4-7,13,17-18H,8-12H2,1-3H3. The van der Waals surface area contributed by atoms with Crippen LogP contribution in [0, 0.1) is 11.3 Å². The lowest BCUT2D eigenvalue weighted by Gasteiger charge is -2.33. The molecule has 0 saturated carbocycles. The van der Waals surface area contributed by atoms with Crippen molar-refractivity contribution in [3.8, 4) is 0 Å². The summed E-state index contributed by atoms with van der Waals surface area (Å²) >= 11 is 0. The molecule has 1 saturated heterocycles. The largest absolute Gasteiger partial charge is 0.316 e. The van der Waals surface area contributed by atoms with Gasteiger partial charge in [0.25, 0.3) is 0 Å². The van der Waals surface area contributed by atoms with Crippen molar-refractivity contribution in [1.82, 2.24) is 10.6 Å². The summed E-state index contributed by atoms with van der Waals surface area (Å²) in [7, 11) is -3.10. The molecule has 0 spiro atoms. The molecule has 2 rings (SSSR count). The SMILES string of the molecule is CC(C)C1(CNCc2ccc(S(C)(=O)=O)cc2)CCNC1. The summed E-state index contributed by atoms with van der Waals surface area (Å²) in [5, 5.41) is 7.00. The number of hydrogen-bond donors (Lipinski definition) is 2. The summed E-state index contributed by atoms with van der Waals surface area (Å²) in [6.45, 7) is 8.52. The topological polar surface area (TPSA) is 58.2 Å². The van der Waals surface area contributed by atoms with Gasteiger partial charge in [-0.05, 0) is 42.0 Å². The third kappa shape index (κ3) is 4.05. The van der Waals surface area contributed by atoms with Gasteiger partial charge in [0.1, 0.15) is 0 Å². The minimum atomic E-state index is -3.10. The average Bonchev–Trinajstić information content (AvgIpc) is 2.88. The summed E-state index contributed by atoms with van der Waals surface area (Å²) in [4.78, 5) is 0.380. The van der Waals surface area contributed by atoms with E-state index in [1.165, 1.54) is 12.7 Å². The third-order valence-corrected chi connectivity index (χ3v) is 5.79. The van der Waals surface area contributed by atoms with E-state index in [9.17, 15) is 8.42 Å². The van der Waals surface area contributed by atoms with Crippen LogP contribution in [0.2, 0.25) is 0 Å². The second-order valence-electron chi connectivity index (χ2n) is 6.46. The maximum atomic E-state index is 11.4. The van der Waals surface area contributed by atoms with Gasteiger partial charge in [0.2, 0.25) is 0 Å². The molecule has 5 heteroatoms. The number of nitrogens with one attached hydrogen (secondary N) is 2. The quantitative estimate of drug-likeness (QED) is 0.841. The van der Waals surface area contributed by atoms with Gasteiger partial charge in [-0.2, -0.15) is 0 Å². The smallest absolute Gasteiger partial charge is 0.175 e. The third-order valence-electron chi connectivity index (χ3n) is 4.66. The molecule has 1 atom stereocenters. The van der Waals surface area contributed by atoms with Crippen LogP contribution in [-0.2, 0) is 16.4 Å². The van der Waals surface area contributed by atoms with Crippen LogP contribution in [0.4, 0.5) is 0 Å². The van der Waals surface area contributed by atoms with Gasteiger partial charge in [0, 0.05) is 25.9 Å². The van der Waals surface area contributed by atoms with E-state index in [0.717, 1.165) is 31.7 Å². The first-order chi connectivity index (χ1) is 9.83. The van der Waals surface area contributed by atoms with Crippen LogP contribution in [0.3, 0.4) is 0 Å². The van der Waals surface area contributed by atoms with Crippen molar-refractivity contribution in [3.63, 3.8) is 0 Å². The molecule has 1 heterocycles. The Balaban J connectivity index is 1.91. The highest BCUT2D eigenvalue weighted by Crippen LogP contribution is 2.33. The molecule has 118 valence electrons. The second kappa shape index (κ2) is 6.46. The normalized spacial score (nSPS) is 22.9. The maximum absolute atomic E-state index is 11.4.